The molecule has 2 N–H and O–H groups in total. The summed E-state index contributed by atoms with van der Waals surface area (Å²) in [5.41, 5.74) is 1.95. The van der Waals surface area contributed by atoms with Crippen molar-refractivity contribution in [3.05, 3.63) is 63.9 Å². The van der Waals surface area contributed by atoms with Gasteiger partial charge >= 0.3 is 5.97 Å². The van der Waals surface area contributed by atoms with Gasteiger partial charge in [-0.15, -0.1) is 0 Å². The van der Waals surface area contributed by atoms with E-state index in [1.807, 2.05) is 6.07 Å². The van der Waals surface area contributed by atoms with Crippen LogP contribution in [0.25, 0.3) is 0 Å². The summed E-state index contributed by atoms with van der Waals surface area (Å²) >= 11 is 3.33. The number of benzene rings is 2. The fraction of sp³-hybridized carbons (Fsp3) is 0.133. The van der Waals surface area contributed by atoms with E-state index in [0.29, 0.717) is 17.4 Å². The van der Waals surface area contributed by atoms with Gasteiger partial charge in [0.15, 0.2) is 0 Å². The summed E-state index contributed by atoms with van der Waals surface area (Å²) in [6, 6.07) is 11.3. The third-order valence-electron chi connectivity index (χ3n) is 2.83. The highest BCUT2D eigenvalue weighted by molar-refractivity contribution is 9.10. The Morgan fingerprint density at radius 1 is 1.25 bits per heavy atom. The fourth-order valence-corrected chi connectivity index (χ4v) is 2.34. The van der Waals surface area contributed by atoms with Crippen molar-refractivity contribution in [1.29, 1.82) is 0 Å². The normalized spacial score (nSPS) is 10.3. The summed E-state index contributed by atoms with van der Waals surface area (Å²) in [5, 5.41) is 12.1. The van der Waals surface area contributed by atoms with Gasteiger partial charge in [0.25, 0.3) is 0 Å². The van der Waals surface area contributed by atoms with Gasteiger partial charge in [-0.1, -0.05) is 12.1 Å². The SMILES string of the molecule is O=C(O)c1ccc(NCCc2cccc(F)c2)c(Br)c1. The summed E-state index contributed by atoms with van der Waals surface area (Å²) in [7, 11) is 0. The highest BCUT2D eigenvalue weighted by atomic mass is 79.9. The van der Waals surface area contributed by atoms with Crippen LogP contribution in [-0.2, 0) is 6.42 Å². The molecule has 0 unspecified atom stereocenters. The number of halogens is 2. The largest absolute Gasteiger partial charge is 0.478 e. The van der Waals surface area contributed by atoms with Crippen molar-refractivity contribution in [3.63, 3.8) is 0 Å². The van der Waals surface area contributed by atoms with Crippen molar-refractivity contribution < 1.29 is 14.3 Å². The Kier molecular flexibility index (Phi) is 4.74. The highest BCUT2D eigenvalue weighted by Gasteiger charge is 2.06. The molecular weight excluding hydrogens is 325 g/mol. The minimum Gasteiger partial charge on any atom is -0.478 e. The summed E-state index contributed by atoms with van der Waals surface area (Å²) in [6.45, 7) is 0.633. The van der Waals surface area contributed by atoms with Crippen LogP contribution in [0, 0.1) is 5.82 Å². The van der Waals surface area contributed by atoms with Gasteiger partial charge in [0.1, 0.15) is 5.82 Å². The van der Waals surface area contributed by atoms with E-state index in [0.717, 1.165) is 11.3 Å². The predicted molar refractivity (Wildman–Crippen MR) is 79.7 cm³/mol. The second-order valence-corrected chi connectivity index (χ2v) is 5.16. The van der Waals surface area contributed by atoms with E-state index >= 15 is 0 Å². The van der Waals surface area contributed by atoms with Gasteiger partial charge in [0, 0.05) is 16.7 Å². The standard InChI is InChI=1S/C15H13BrFNO2/c16-13-9-11(15(19)20)4-5-14(13)18-7-6-10-2-1-3-12(17)8-10/h1-5,8-9,18H,6-7H2,(H,19,20). The van der Waals surface area contributed by atoms with E-state index in [1.54, 1.807) is 18.2 Å². The Bertz CT molecular complexity index is 631. The molecule has 0 aromatic heterocycles. The quantitative estimate of drug-likeness (QED) is 0.868. The second-order valence-electron chi connectivity index (χ2n) is 4.31. The number of hydrogen-bond acceptors (Lipinski definition) is 2. The number of carboxylic acid groups (broad SMARTS) is 1. The molecule has 0 bridgehead atoms. The number of nitrogens with one attached hydrogen (secondary N) is 1. The van der Waals surface area contributed by atoms with Crippen LogP contribution >= 0.6 is 15.9 Å². The first-order chi connectivity index (χ1) is 9.56. The lowest BCUT2D eigenvalue weighted by molar-refractivity contribution is 0.0697. The van der Waals surface area contributed by atoms with Gasteiger partial charge in [-0.05, 0) is 58.2 Å². The van der Waals surface area contributed by atoms with Crippen molar-refractivity contribution in [2.45, 2.75) is 6.42 Å². The van der Waals surface area contributed by atoms with Gasteiger partial charge in [-0.2, -0.15) is 0 Å². The van der Waals surface area contributed by atoms with Gasteiger partial charge in [0.2, 0.25) is 0 Å². The number of rotatable bonds is 5. The number of anilines is 1. The average molecular weight is 338 g/mol. The number of aromatic carboxylic acids is 1. The molecule has 0 aliphatic heterocycles. The molecular formula is C15H13BrFNO2. The van der Waals surface area contributed by atoms with E-state index in [1.165, 1.54) is 18.2 Å². The van der Waals surface area contributed by atoms with Crippen LogP contribution in [0.3, 0.4) is 0 Å². The van der Waals surface area contributed by atoms with Crippen LogP contribution in [0.2, 0.25) is 0 Å². The first-order valence-electron chi connectivity index (χ1n) is 6.07. The van der Waals surface area contributed by atoms with Gasteiger partial charge in [-0.25, -0.2) is 9.18 Å². The number of carboxylic acids is 1. The van der Waals surface area contributed by atoms with Crippen LogP contribution in [0.15, 0.2) is 46.9 Å². The van der Waals surface area contributed by atoms with Crippen molar-refractivity contribution in [3.8, 4) is 0 Å². The molecule has 0 spiro atoms. The molecule has 20 heavy (non-hydrogen) atoms. The summed E-state index contributed by atoms with van der Waals surface area (Å²) in [5.74, 6) is -1.20. The third-order valence-corrected chi connectivity index (χ3v) is 3.49. The van der Waals surface area contributed by atoms with Crippen LogP contribution < -0.4 is 5.32 Å². The molecule has 3 nitrogen and oxygen atoms in total. The van der Waals surface area contributed by atoms with Crippen LogP contribution in [0.5, 0.6) is 0 Å². The third kappa shape index (κ3) is 3.81. The summed E-state index contributed by atoms with van der Waals surface area (Å²) < 4.78 is 13.7. The highest BCUT2D eigenvalue weighted by Crippen LogP contribution is 2.23. The van der Waals surface area contributed by atoms with E-state index < -0.39 is 5.97 Å². The molecule has 0 heterocycles. The monoisotopic (exact) mass is 337 g/mol. The molecule has 0 aliphatic carbocycles. The van der Waals surface area contributed by atoms with E-state index in [4.69, 9.17) is 5.11 Å². The molecule has 0 radical (unpaired) electrons. The van der Waals surface area contributed by atoms with Crippen molar-refractivity contribution in [2.24, 2.45) is 0 Å². The minimum atomic E-state index is -0.961. The molecule has 0 saturated heterocycles. The van der Waals surface area contributed by atoms with Gasteiger partial charge in [0.05, 0.1) is 5.56 Å². The zero-order valence-corrected chi connectivity index (χ0v) is 12.2. The van der Waals surface area contributed by atoms with E-state index in [-0.39, 0.29) is 11.4 Å². The van der Waals surface area contributed by atoms with Crippen LogP contribution in [-0.4, -0.2) is 17.6 Å². The van der Waals surface area contributed by atoms with Crippen LogP contribution in [0.4, 0.5) is 10.1 Å². The molecule has 2 aromatic carbocycles. The van der Waals surface area contributed by atoms with E-state index in [2.05, 4.69) is 21.2 Å². The minimum absolute atomic E-state index is 0.229. The molecule has 0 saturated carbocycles. The first kappa shape index (κ1) is 14.5. The maximum atomic E-state index is 13.0. The summed E-state index contributed by atoms with van der Waals surface area (Å²) in [4.78, 5) is 10.8. The Balaban J connectivity index is 1.96. The lowest BCUT2D eigenvalue weighted by atomic mass is 10.1. The van der Waals surface area contributed by atoms with Crippen molar-refractivity contribution in [2.75, 3.05) is 11.9 Å². The lowest BCUT2D eigenvalue weighted by Gasteiger charge is -2.09. The molecule has 0 fully saturated rings. The molecule has 0 amide bonds. The molecule has 0 atom stereocenters. The topological polar surface area (TPSA) is 49.3 Å². The Morgan fingerprint density at radius 3 is 2.70 bits per heavy atom. The van der Waals surface area contributed by atoms with Crippen molar-refractivity contribution >= 4 is 27.6 Å². The second kappa shape index (κ2) is 6.52. The molecule has 2 aromatic rings. The molecule has 2 rings (SSSR count). The smallest absolute Gasteiger partial charge is 0.335 e. The zero-order chi connectivity index (χ0) is 14.5. The van der Waals surface area contributed by atoms with Gasteiger partial charge in [-0.3, -0.25) is 0 Å². The maximum Gasteiger partial charge on any atom is 0.335 e. The van der Waals surface area contributed by atoms with Crippen molar-refractivity contribution in [1.82, 2.24) is 0 Å². The lowest BCUT2D eigenvalue weighted by Crippen LogP contribution is -2.06. The van der Waals surface area contributed by atoms with E-state index in [9.17, 15) is 9.18 Å². The fourth-order valence-electron chi connectivity index (χ4n) is 1.83. The average Bonchev–Trinajstić information content (AvgIpc) is 2.40. The first-order valence-corrected chi connectivity index (χ1v) is 6.87. The summed E-state index contributed by atoms with van der Waals surface area (Å²) in [6.07, 6.45) is 0.685. The Hall–Kier alpha value is -1.88. The molecule has 5 heteroatoms. The number of carbonyl (C=O) groups is 1. The zero-order valence-electron chi connectivity index (χ0n) is 10.6. The van der Waals surface area contributed by atoms with Gasteiger partial charge < -0.3 is 10.4 Å². The Morgan fingerprint density at radius 2 is 2.05 bits per heavy atom. The Labute approximate surface area is 124 Å². The molecule has 104 valence electrons. The predicted octanol–water partition coefficient (Wildman–Crippen LogP) is 3.94. The maximum absolute atomic E-state index is 13.0. The molecule has 0 aliphatic rings. The number of hydrogen-bond donors (Lipinski definition) is 2. The van der Waals surface area contributed by atoms with Crippen LogP contribution in [0.1, 0.15) is 15.9 Å².